The molecule has 1 aromatic rings. The normalized spacial score (nSPS) is 15.4. The predicted octanol–water partition coefficient (Wildman–Crippen LogP) is 2.14. The van der Waals surface area contributed by atoms with Crippen LogP contribution in [0.15, 0.2) is 24.3 Å². The van der Waals surface area contributed by atoms with Crippen LogP contribution in [0.4, 0.5) is 11.4 Å². The molecule has 1 aliphatic rings. The van der Waals surface area contributed by atoms with Crippen LogP contribution in [0, 0.1) is 0 Å². The zero-order valence-corrected chi connectivity index (χ0v) is 12.9. The first kappa shape index (κ1) is 15.5. The van der Waals surface area contributed by atoms with Crippen LogP contribution in [0.1, 0.15) is 33.6 Å². The van der Waals surface area contributed by atoms with E-state index in [1.165, 1.54) is 0 Å². The molecule has 21 heavy (non-hydrogen) atoms. The number of benzene rings is 1. The number of nitrogens with one attached hydrogen (secondary N) is 2. The number of carbonyl (C=O) groups is 2. The molecule has 2 amide bonds. The Balaban J connectivity index is 2.21. The third kappa shape index (κ3) is 3.42. The first-order chi connectivity index (χ1) is 9.95. The Hall–Kier alpha value is -1.88. The van der Waals surface area contributed by atoms with E-state index < -0.39 is 5.54 Å². The number of hydrogen-bond donors (Lipinski definition) is 2. The molecule has 0 aliphatic carbocycles. The Morgan fingerprint density at radius 2 is 2.05 bits per heavy atom. The number of nitrogens with zero attached hydrogens (tertiary/aromatic N) is 1. The summed E-state index contributed by atoms with van der Waals surface area (Å²) in [7, 11) is 0. The summed E-state index contributed by atoms with van der Waals surface area (Å²) in [6, 6.07) is 7.45. The van der Waals surface area contributed by atoms with Gasteiger partial charge in [0.2, 0.25) is 11.8 Å². The third-order valence-electron chi connectivity index (χ3n) is 3.70. The topological polar surface area (TPSA) is 61.4 Å². The van der Waals surface area contributed by atoms with Crippen LogP contribution in [0.5, 0.6) is 0 Å². The van der Waals surface area contributed by atoms with Crippen molar-refractivity contribution in [1.82, 2.24) is 5.32 Å². The van der Waals surface area contributed by atoms with Crippen LogP contribution >= 0.6 is 0 Å². The molecule has 1 fully saturated rings. The molecule has 1 saturated heterocycles. The third-order valence-corrected chi connectivity index (χ3v) is 3.70. The van der Waals surface area contributed by atoms with Crippen LogP contribution in [-0.4, -0.2) is 30.4 Å². The molecule has 0 aromatic heterocycles. The fourth-order valence-electron chi connectivity index (χ4n) is 2.52. The van der Waals surface area contributed by atoms with Crippen molar-refractivity contribution in [1.29, 1.82) is 0 Å². The van der Waals surface area contributed by atoms with Gasteiger partial charge in [-0.25, -0.2) is 0 Å². The van der Waals surface area contributed by atoms with E-state index in [-0.39, 0.29) is 11.8 Å². The van der Waals surface area contributed by atoms with Gasteiger partial charge in [-0.3, -0.25) is 9.59 Å². The molecule has 5 heteroatoms. The van der Waals surface area contributed by atoms with Gasteiger partial charge >= 0.3 is 0 Å². The molecule has 0 spiro atoms. The molecule has 1 heterocycles. The second kappa shape index (κ2) is 6.26. The first-order valence-electron chi connectivity index (χ1n) is 7.41. The Morgan fingerprint density at radius 3 is 2.67 bits per heavy atom. The molecule has 2 N–H and O–H groups in total. The van der Waals surface area contributed by atoms with Gasteiger partial charge in [0.05, 0.1) is 16.9 Å². The Kier molecular flexibility index (Phi) is 4.63. The summed E-state index contributed by atoms with van der Waals surface area (Å²) in [6.45, 7) is 7.08. The molecule has 1 aliphatic heterocycles. The number of para-hydroxylation sites is 2. The summed E-state index contributed by atoms with van der Waals surface area (Å²) < 4.78 is 0. The van der Waals surface area contributed by atoms with E-state index in [2.05, 4.69) is 10.6 Å². The standard InChI is InChI=1S/C16H23N3O2/c1-4-17-16(2,3)15(21)18-12-8-5-6-9-13(12)19-11-7-10-14(19)20/h5-6,8-9,17H,4,7,10-11H2,1-3H3,(H,18,21). The fraction of sp³-hybridized carbons (Fsp3) is 0.500. The van der Waals surface area contributed by atoms with Crippen LogP contribution in [-0.2, 0) is 9.59 Å². The minimum atomic E-state index is -0.656. The zero-order chi connectivity index (χ0) is 15.5. The highest BCUT2D eigenvalue weighted by Gasteiger charge is 2.28. The Morgan fingerprint density at radius 1 is 1.33 bits per heavy atom. The van der Waals surface area contributed by atoms with E-state index in [0.717, 1.165) is 12.1 Å². The number of carbonyl (C=O) groups excluding carboxylic acids is 2. The quantitative estimate of drug-likeness (QED) is 0.873. The van der Waals surface area contributed by atoms with Crippen molar-refractivity contribution in [2.75, 3.05) is 23.3 Å². The van der Waals surface area contributed by atoms with Gasteiger partial charge in [-0.1, -0.05) is 19.1 Å². The number of hydrogen-bond acceptors (Lipinski definition) is 3. The van der Waals surface area contributed by atoms with Gasteiger partial charge in [-0.15, -0.1) is 0 Å². The van der Waals surface area contributed by atoms with E-state index >= 15 is 0 Å². The maximum atomic E-state index is 12.4. The van der Waals surface area contributed by atoms with Crippen LogP contribution in [0.3, 0.4) is 0 Å². The SMILES string of the molecule is CCNC(C)(C)C(=O)Nc1ccccc1N1CCCC1=O. The van der Waals surface area contributed by atoms with Crippen molar-refractivity contribution in [2.45, 2.75) is 39.2 Å². The minimum Gasteiger partial charge on any atom is -0.323 e. The molecular weight excluding hydrogens is 266 g/mol. The average Bonchev–Trinajstić information content (AvgIpc) is 2.85. The summed E-state index contributed by atoms with van der Waals surface area (Å²) in [5, 5.41) is 6.08. The van der Waals surface area contributed by atoms with E-state index in [9.17, 15) is 9.59 Å². The Bertz CT molecular complexity index is 540. The monoisotopic (exact) mass is 289 g/mol. The highest BCUT2D eigenvalue weighted by atomic mass is 16.2. The molecule has 1 aromatic carbocycles. The number of rotatable bonds is 5. The largest absolute Gasteiger partial charge is 0.323 e. The van der Waals surface area contributed by atoms with Crippen LogP contribution in [0.2, 0.25) is 0 Å². The maximum absolute atomic E-state index is 12.4. The molecule has 5 nitrogen and oxygen atoms in total. The smallest absolute Gasteiger partial charge is 0.244 e. The summed E-state index contributed by atoms with van der Waals surface area (Å²) >= 11 is 0. The van der Waals surface area contributed by atoms with E-state index in [0.29, 0.717) is 25.2 Å². The first-order valence-corrected chi connectivity index (χ1v) is 7.41. The minimum absolute atomic E-state index is 0.108. The van der Waals surface area contributed by atoms with E-state index in [1.54, 1.807) is 4.90 Å². The van der Waals surface area contributed by atoms with Gasteiger partial charge in [0.25, 0.3) is 0 Å². The van der Waals surface area contributed by atoms with Gasteiger partial charge < -0.3 is 15.5 Å². The van der Waals surface area contributed by atoms with Gasteiger partial charge in [-0.05, 0) is 38.9 Å². The summed E-state index contributed by atoms with van der Waals surface area (Å²) in [4.78, 5) is 26.1. The van der Waals surface area contributed by atoms with Crippen molar-refractivity contribution in [3.8, 4) is 0 Å². The molecule has 0 saturated carbocycles. The lowest BCUT2D eigenvalue weighted by atomic mass is 10.0. The predicted molar refractivity (Wildman–Crippen MR) is 84.4 cm³/mol. The van der Waals surface area contributed by atoms with Crippen LogP contribution in [0.25, 0.3) is 0 Å². The number of anilines is 2. The maximum Gasteiger partial charge on any atom is 0.244 e. The molecular formula is C16H23N3O2. The van der Waals surface area contributed by atoms with Crippen molar-refractivity contribution in [3.05, 3.63) is 24.3 Å². The molecule has 0 bridgehead atoms. The van der Waals surface area contributed by atoms with Crippen molar-refractivity contribution in [2.24, 2.45) is 0 Å². The van der Waals surface area contributed by atoms with Crippen LogP contribution < -0.4 is 15.5 Å². The second-order valence-corrected chi connectivity index (χ2v) is 5.78. The zero-order valence-electron chi connectivity index (χ0n) is 12.9. The molecule has 0 atom stereocenters. The van der Waals surface area contributed by atoms with Gasteiger partial charge in [0.1, 0.15) is 0 Å². The molecule has 0 radical (unpaired) electrons. The lowest BCUT2D eigenvalue weighted by molar-refractivity contribution is -0.121. The highest BCUT2D eigenvalue weighted by molar-refractivity contribution is 6.04. The number of likely N-dealkylation sites (N-methyl/N-ethyl adjacent to an activating group) is 1. The van der Waals surface area contributed by atoms with E-state index in [1.807, 2.05) is 45.0 Å². The van der Waals surface area contributed by atoms with Crippen molar-refractivity contribution in [3.63, 3.8) is 0 Å². The summed E-state index contributed by atoms with van der Waals surface area (Å²) in [6.07, 6.45) is 1.44. The molecule has 114 valence electrons. The second-order valence-electron chi connectivity index (χ2n) is 5.78. The fourth-order valence-corrected chi connectivity index (χ4v) is 2.52. The highest BCUT2D eigenvalue weighted by Crippen LogP contribution is 2.29. The Labute approximate surface area is 125 Å². The van der Waals surface area contributed by atoms with E-state index in [4.69, 9.17) is 0 Å². The molecule has 0 unspecified atom stereocenters. The van der Waals surface area contributed by atoms with Gasteiger partial charge in [-0.2, -0.15) is 0 Å². The lowest BCUT2D eigenvalue weighted by Crippen LogP contribution is -2.49. The molecule has 2 rings (SSSR count). The van der Waals surface area contributed by atoms with Crippen molar-refractivity contribution < 1.29 is 9.59 Å². The number of amides is 2. The average molecular weight is 289 g/mol. The van der Waals surface area contributed by atoms with Gasteiger partial charge in [0.15, 0.2) is 0 Å². The lowest BCUT2D eigenvalue weighted by Gasteiger charge is -2.26. The van der Waals surface area contributed by atoms with Crippen molar-refractivity contribution >= 4 is 23.2 Å². The van der Waals surface area contributed by atoms with Gasteiger partial charge in [0, 0.05) is 13.0 Å². The summed E-state index contributed by atoms with van der Waals surface area (Å²) in [5.74, 6) is 0.00564. The summed E-state index contributed by atoms with van der Waals surface area (Å²) in [5.41, 5.74) is 0.807.